The number of amides is 1. The van der Waals surface area contributed by atoms with Crippen LogP contribution in [0, 0.1) is 0 Å². The zero-order valence-electron chi connectivity index (χ0n) is 8.52. The molecule has 0 radical (unpaired) electrons. The predicted molar refractivity (Wildman–Crippen MR) is 51.6 cm³/mol. The Bertz CT molecular complexity index is 193. The first kappa shape index (κ1) is 12.2. The molecule has 3 N–H and O–H groups in total. The average Bonchev–Trinajstić information content (AvgIpc) is 2.25. The maximum atomic E-state index is 10.3. The van der Waals surface area contributed by atoms with Gasteiger partial charge in [0.25, 0.3) is 0 Å². The first-order valence-corrected chi connectivity index (χ1v) is 5.06. The largest absolute Gasteiger partial charge is 0.465 e. The van der Waals surface area contributed by atoms with Gasteiger partial charge in [0.15, 0.2) is 6.29 Å². The molecule has 1 amide bonds. The Labute approximate surface area is 88.2 Å². The second-order valence-electron chi connectivity index (χ2n) is 3.46. The zero-order chi connectivity index (χ0) is 11.1. The van der Waals surface area contributed by atoms with Gasteiger partial charge in [0.05, 0.1) is 19.3 Å². The van der Waals surface area contributed by atoms with Gasteiger partial charge in [0, 0.05) is 6.61 Å². The quantitative estimate of drug-likeness (QED) is 0.613. The van der Waals surface area contributed by atoms with Crippen LogP contribution < -0.4 is 5.32 Å². The molecule has 0 aromatic carbocycles. The number of carboxylic acid groups (broad SMARTS) is 1. The summed E-state index contributed by atoms with van der Waals surface area (Å²) in [5.74, 6) is 0. The van der Waals surface area contributed by atoms with Crippen molar-refractivity contribution in [3.05, 3.63) is 0 Å². The van der Waals surface area contributed by atoms with E-state index < -0.39 is 12.1 Å². The Balaban J connectivity index is 2.17. The Kier molecular flexibility index (Phi) is 5.38. The van der Waals surface area contributed by atoms with Crippen LogP contribution in [0.1, 0.15) is 19.3 Å². The molecule has 2 unspecified atom stereocenters. The number of ether oxygens (including phenoxy) is 2. The lowest BCUT2D eigenvalue weighted by molar-refractivity contribution is -0.166. The van der Waals surface area contributed by atoms with Gasteiger partial charge >= 0.3 is 6.09 Å². The van der Waals surface area contributed by atoms with Gasteiger partial charge in [-0.05, 0) is 19.3 Å². The third-order valence-electron chi connectivity index (χ3n) is 2.17. The van der Waals surface area contributed by atoms with E-state index in [0.29, 0.717) is 6.61 Å². The van der Waals surface area contributed by atoms with Crippen molar-refractivity contribution in [1.82, 2.24) is 5.32 Å². The summed E-state index contributed by atoms with van der Waals surface area (Å²) >= 11 is 0. The van der Waals surface area contributed by atoms with E-state index >= 15 is 0 Å². The van der Waals surface area contributed by atoms with Crippen LogP contribution in [-0.2, 0) is 9.47 Å². The van der Waals surface area contributed by atoms with Crippen molar-refractivity contribution in [2.24, 2.45) is 0 Å². The standard InChI is InChI=1S/C9H17NO5/c11-5-7(10-9(12)13)6-15-8-3-1-2-4-14-8/h7-8,10-11H,1-6H2,(H,12,13). The van der Waals surface area contributed by atoms with E-state index in [9.17, 15) is 4.79 Å². The maximum absolute atomic E-state index is 10.3. The summed E-state index contributed by atoms with van der Waals surface area (Å²) in [6.07, 6.45) is 1.49. The summed E-state index contributed by atoms with van der Waals surface area (Å²) in [5.41, 5.74) is 0. The molecule has 1 fully saturated rings. The lowest BCUT2D eigenvalue weighted by atomic mass is 10.2. The van der Waals surface area contributed by atoms with Crippen molar-refractivity contribution < 1.29 is 24.5 Å². The summed E-state index contributed by atoms with van der Waals surface area (Å²) in [5, 5.41) is 19.5. The molecule has 0 aromatic rings. The van der Waals surface area contributed by atoms with Crippen molar-refractivity contribution in [3.8, 4) is 0 Å². The fourth-order valence-corrected chi connectivity index (χ4v) is 1.38. The normalized spacial score (nSPS) is 23.4. The minimum Gasteiger partial charge on any atom is -0.465 e. The summed E-state index contributed by atoms with van der Waals surface area (Å²) < 4.78 is 10.6. The van der Waals surface area contributed by atoms with Crippen LogP contribution in [0.3, 0.4) is 0 Å². The van der Waals surface area contributed by atoms with Crippen LogP contribution >= 0.6 is 0 Å². The van der Waals surface area contributed by atoms with E-state index in [1.807, 2.05) is 0 Å². The highest BCUT2D eigenvalue weighted by Gasteiger charge is 2.17. The summed E-state index contributed by atoms with van der Waals surface area (Å²) in [7, 11) is 0. The van der Waals surface area contributed by atoms with Crippen LogP contribution in [0.25, 0.3) is 0 Å². The summed E-state index contributed by atoms with van der Waals surface area (Å²) in [4.78, 5) is 10.3. The summed E-state index contributed by atoms with van der Waals surface area (Å²) in [6, 6.07) is -0.590. The monoisotopic (exact) mass is 219 g/mol. The van der Waals surface area contributed by atoms with Gasteiger partial charge in [-0.1, -0.05) is 0 Å². The Morgan fingerprint density at radius 1 is 1.60 bits per heavy atom. The van der Waals surface area contributed by atoms with Gasteiger partial charge in [0.1, 0.15) is 0 Å². The smallest absolute Gasteiger partial charge is 0.405 e. The minimum absolute atomic E-state index is 0.132. The average molecular weight is 219 g/mol. The zero-order valence-corrected chi connectivity index (χ0v) is 8.52. The number of rotatable bonds is 5. The van der Waals surface area contributed by atoms with E-state index in [2.05, 4.69) is 5.32 Å². The first-order valence-electron chi connectivity index (χ1n) is 5.06. The number of hydrogen-bond acceptors (Lipinski definition) is 4. The number of aliphatic hydroxyl groups is 1. The van der Waals surface area contributed by atoms with Crippen LogP contribution in [0.15, 0.2) is 0 Å². The third kappa shape index (κ3) is 4.96. The molecule has 1 aliphatic heterocycles. The fraction of sp³-hybridized carbons (Fsp3) is 0.889. The topological polar surface area (TPSA) is 88.0 Å². The Hall–Kier alpha value is -0.850. The van der Waals surface area contributed by atoms with Gasteiger partial charge in [-0.15, -0.1) is 0 Å². The SMILES string of the molecule is O=C(O)NC(CO)COC1CCCCO1. The van der Waals surface area contributed by atoms with Gasteiger partial charge in [0.2, 0.25) is 0 Å². The van der Waals surface area contributed by atoms with E-state index in [0.717, 1.165) is 19.3 Å². The van der Waals surface area contributed by atoms with Gasteiger partial charge < -0.3 is 25.0 Å². The molecule has 2 atom stereocenters. The minimum atomic E-state index is -1.16. The number of hydrogen-bond donors (Lipinski definition) is 3. The van der Waals surface area contributed by atoms with Gasteiger partial charge in [-0.3, -0.25) is 0 Å². The molecule has 1 saturated heterocycles. The highest BCUT2D eigenvalue weighted by Crippen LogP contribution is 2.13. The van der Waals surface area contributed by atoms with Crippen LogP contribution in [0.4, 0.5) is 4.79 Å². The number of carbonyl (C=O) groups is 1. The molecule has 6 heteroatoms. The lowest BCUT2D eigenvalue weighted by Crippen LogP contribution is -2.41. The Morgan fingerprint density at radius 2 is 2.40 bits per heavy atom. The first-order chi connectivity index (χ1) is 7.22. The highest BCUT2D eigenvalue weighted by atomic mass is 16.7. The van der Waals surface area contributed by atoms with E-state index in [1.165, 1.54) is 0 Å². The van der Waals surface area contributed by atoms with Crippen LogP contribution in [-0.4, -0.2) is 48.5 Å². The molecule has 15 heavy (non-hydrogen) atoms. The second-order valence-corrected chi connectivity index (χ2v) is 3.46. The molecule has 0 saturated carbocycles. The number of nitrogens with one attached hydrogen (secondary N) is 1. The molecule has 88 valence electrons. The summed E-state index contributed by atoms with van der Waals surface area (Å²) in [6.45, 7) is 0.535. The molecule has 0 aliphatic carbocycles. The van der Waals surface area contributed by atoms with Gasteiger partial charge in [-0.2, -0.15) is 0 Å². The molecule has 0 aromatic heterocycles. The van der Waals surface area contributed by atoms with Crippen molar-refractivity contribution in [3.63, 3.8) is 0 Å². The van der Waals surface area contributed by atoms with Crippen molar-refractivity contribution in [1.29, 1.82) is 0 Å². The lowest BCUT2D eigenvalue weighted by Gasteiger charge is -2.24. The maximum Gasteiger partial charge on any atom is 0.405 e. The van der Waals surface area contributed by atoms with E-state index in [-0.39, 0.29) is 19.5 Å². The van der Waals surface area contributed by atoms with Crippen molar-refractivity contribution >= 4 is 6.09 Å². The molecule has 0 spiro atoms. The fourth-order valence-electron chi connectivity index (χ4n) is 1.38. The molecule has 1 aliphatic rings. The van der Waals surface area contributed by atoms with Gasteiger partial charge in [-0.25, -0.2) is 4.79 Å². The predicted octanol–water partition coefficient (Wildman–Crippen LogP) is 0.158. The molecule has 0 bridgehead atoms. The molecular weight excluding hydrogens is 202 g/mol. The second kappa shape index (κ2) is 6.60. The molecule has 1 heterocycles. The van der Waals surface area contributed by atoms with Crippen LogP contribution in [0.2, 0.25) is 0 Å². The molecule has 1 rings (SSSR count). The van der Waals surface area contributed by atoms with Crippen molar-refractivity contribution in [2.75, 3.05) is 19.8 Å². The molecular formula is C9H17NO5. The van der Waals surface area contributed by atoms with E-state index in [1.54, 1.807) is 0 Å². The number of aliphatic hydroxyl groups excluding tert-OH is 1. The third-order valence-corrected chi connectivity index (χ3v) is 2.17. The highest BCUT2D eigenvalue weighted by molar-refractivity contribution is 5.64. The van der Waals surface area contributed by atoms with E-state index in [4.69, 9.17) is 19.7 Å². The Morgan fingerprint density at radius 3 is 2.93 bits per heavy atom. The van der Waals surface area contributed by atoms with Crippen LogP contribution in [0.5, 0.6) is 0 Å². The van der Waals surface area contributed by atoms with Crippen molar-refractivity contribution in [2.45, 2.75) is 31.6 Å². The molecule has 6 nitrogen and oxygen atoms in total.